The summed E-state index contributed by atoms with van der Waals surface area (Å²) in [6.07, 6.45) is 2.94. The summed E-state index contributed by atoms with van der Waals surface area (Å²) in [7, 11) is 0. The van der Waals surface area contributed by atoms with Gasteiger partial charge in [0.1, 0.15) is 0 Å². The minimum atomic E-state index is 0.952. The molecule has 0 heterocycles. The van der Waals surface area contributed by atoms with Gasteiger partial charge >= 0.3 is 0 Å². The van der Waals surface area contributed by atoms with Crippen LogP contribution in [0, 0.1) is 20.8 Å². The Morgan fingerprint density at radius 3 is 2.19 bits per heavy atom. The van der Waals surface area contributed by atoms with Crippen LogP contribution in [0.25, 0.3) is 10.8 Å². The van der Waals surface area contributed by atoms with E-state index in [-0.39, 0.29) is 0 Å². The van der Waals surface area contributed by atoms with Crippen LogP contribution in [-0.2, 0) is 6.42 Å². The van der Waals surface area contributed by atoms with Gasteiger partial charge in [-0.25, -0.2) is 0 Å². The van der Waals surface area contributed by atoms with E-state index >= 15 is 0 Å². The van der Waals surface area contributed by atoms with Crippen LogP contribution < -0.4 is 0 Å². The molecule has 0 fully saturated rings. The molecule has 2 rings (SSSR count). The smallest absolute Gasteiger partial charge is 0.00912 e. The maximum absolute atomic E-state index is 3.86. The first-order chi connectivity index (χ1) is 7.66. The van der Waals surface area contributed by atoms with Gasteiger partial charge in [0.2, 0.25) is 0 Å². The highest BCUT2D eigenvalue weighted by Crippen LogP contribution is 2.29. The molecule has 0 amide bonds. The first-order valence-corrected chi connectivity index (χ1v) is 5.75. The molecular weight excluding hydrogens is 192 g/mol. The molecule has 0 spiro atoms. The van der Waals surface area contributed by atoms with Gasteiger partial charge in [-0.15, -0.1) is 6.58 Å². The standard InChI is InChI=1S/C16H18/c1-5-8-14-12(3)11(2)13(4)15-9-6-7-10-16(14)15/h5-7,9-10H,1,8H2,2-4H3. The normalized spacial score (nSPS) is 10.7. The highest BCUT2D eigenvalue weighted by atomic mass is 14.1. The van der Waals surface area contributed by atoms with Crippen LogP contribution in [0.15, 0.2) is 36.9 Å². The van der Waals surface area contributed by atoms with Crippen molar-refractivity contribution in [2.45, 2.75) is 27.2 Å². The van der Waals surface area contributed by atoms with Crippen LogP contribution >= 0.6 is 0 Å². The number of benzene rings is 2. The highest BCUT2D eigenvalue weighted by Gasteiger charge is 2.09. The van der Waals surface area contributed by atoms with Crippen molar-refractivity contribution in [3.63, 3.8) is 0 Å². The number of allylic oxidation sites excluding steroid dienone is 1. The van der Waals surface area contributed by atoms with Gasteiger partial charge in [-0.1, -0.05) is 30.3 Å². The summed E-state index contributed by atoms with van der Waals surface area (Å²) in [4.78, 5) is 0. The quantitative estimate of drug-likeness (QED) is 0.640. The molecule has 0 heteroatoms. The van der Waals surface area contributed by atoms with Gasteiger partial charge in [-0.2, -0.15) is 0 Å². The third-order valence-corrected chi connectivity index (χ3v) is 3.58. The summed E-state index contributed by atoms with van der Waals surface area (Å²) in [5.41, 5.74) is 5.65. The van der Waals surface area contributed by atoms with E-state index in [0.29, 0.717) is 0 Å². The number of hydrogen-bond acceptors (Lipinski definition) is 0. The van der Waals surface area contributed by atoms with E-state index in [1.54, 1.807) is 0 Å². The molecule has 0 aromatic heterocycles. The Balaban J connectivity index is 2.91. The van der Waals surface area contributed by atoms with Gasteiger partial charge in [0.15, 0.2) is 0 Å². The van der Waals surface area contributed by atoms with Crippen molar-refractivity contribution in [2.24, 2.45) is 0 Å². The Hall–Kier alpha value is -1.56. The van der Waals surface area contributed by atoms with Gasteiger partial charge in [0.05, 0.1) is 0 Å². The Morgan fingerprint density at radius 1 is 0.938 bits per heavy atom. The average Bonchev–Trinajstić information content (AvgIpc) is 2.32. The monoisotopic (exact) mass is 210 g/mol. The van der Waals surface area contributed by atoms with Crippen LogP contribution in [0.5, 0.6) is 0 Å². The van der Waals surface area contributed by atoms with Crippen LogP contribution in [0.1, 0.15) is 22.3 Å². The summed E-state index contributed by atoms with van der Waals surface area (Å²) >= 11 is 0. The lowest BCUT2D eigenvalue weighted by Crippen LogP contribution is -1.96. The van der Waals surface area contributed by atoms with Crippen molar-refractivity contribution in [2.75, 3.05) is 0 Å². The third-order valence-electron chi connectivity index (χ3n) is 3.58. The zero-order chi connectivity index (χ0) is 11.7. The van der Waals surface area contributed by atoms with Crippen molar-refractivity contribution in [1.29, 1.82) is 0 Å². The summed E-state index contributed by atoms with van der Waals surface area (Å²) in [5, 5.41) is 2.76. The highest BCUT2D eigenvalue weighted by molar-refractivity contribution is 5.91. The van der Waals surface area contributed by atoms with E-state index in [0.717, 1.165) is 6.42 Å². The van der Waals surface area contributed by atoms with Crippen LogP contribution in [0.4, 0.5) is 0 Å². The van der Waals surface area contributed by atoms with Gasteiger partial charge < -0.3 is 0 Å². The lowest BCUT2D eigenvalue weighted by Gasteiger charge is -2.15. The van der Waals surface area contributed by atoms with Crippen molar-refractivity contribution in [1.82, 2.24) is 0 Å². The van der Waals surface area contributed by atoms with E-state index in [1.807, 2.05) is 6.08 Å². The summed E-state index contributed by atoms with van der Waals surface area (Å²) in [6, 6.07) is 8.65. The molecule has 16 heavy (non-hydrogen) atoms. The molecule has 0 atom stereocenters. The van der Waals surface area contributed by atoms with Gasteiger partial charge in [0.25, 0.3) is 0 Å². The van der Waals surface area contributed by atoms with E-state index < -0.39 is 0 Å². The largest absolute Gasteiger partial charge is 0.103 e. The molecule has 0 saturated carbocycles. The predicted molar refractivity (Wildman–Crippen MR) is 72.1 cm³/mol. The van der Waals surface area contributed by atoms with Crippen molar-refractivity contribution in [3.05, 3.63) is 59.2 Å². The Bertz CT molecular complexity index is 547. The van der Waals surface area contributed by atoms with Crippen molar-refractivity contribution in [3.8, 4) is 0 Å². The minimum absolute atomic E-state index is 0.952. The molecular formula is C16H18. The summed E-state index contributed by atoms with van der Waals surface area (Å²) < 4.78 is 0. The number of aryl methyl sites for hydroxylation is 1. The molecule has 0 radical (unpaired) electrons. The van der Waals surface area contributed by atoms with Crippen molar-refractivity contribution >= 4 is 10.8 Å². The van der Waals surface area contributed by atoms with E-state index in [1.165, 1.54) is 33.0 Å². The van der Waals surface area contributed by atoms with E-state index in [4.69, 9.17) is 0 Å². The Labute approximate surface area is 97.6 Å². The van der Waals surface area contributed by atoms with Gasteiger partial charge in [-0.05, 0) is 60.2 Å². The van der Waals surface area contributed by atoms with E-state index in [2.05, 4.69) is 51.6 Å². The third kappa shape index (κ3) is 1.55. The molecule has 0 saturated heterocycles. The fourth-order valence-corrected chi connectivity index (χ4v) is 2.39. The number of hydrogen-bond donors (Lipinski definition) is 0. The fraction of sp³-hybridized carbons (Fsp3) is 0.250. The minimum Gasteiger partial charge on any atom is -0.103 e. The topological polar surface area (TPSA) is 0 Å². The molecule has 2 aromatic rings. The molecule has 0 nitrogen and oxygen atoms in total. The maximum Gasteiger partial charge on any atom is -0.00912 e. The van der Waals surface area contributed by atoms with E-state index in [9.17, 15) is 0 Å². The van der Waals surface area contributed by atoms with Gasteiger partial charge in [0, 0.05) is 0 Å². The summed E-state index contributed by atoms with van der Waals surface area (Å²) in [6.45, 7) is 10.5. The average molecular weight is 210 g/mol. The summed E-state index contributed by atoms with van der Waals surface area (Å²) in [5.74, 6) is 0. The predicted octanol–water partition coefficient (Wildman–Crippen LogP) is 4.49. The Morgan fingerprint density at radius 2 is 1.56 bits per heavy atom. The molecule has 0 unspecified atom stereocenters. The van der Waals surface area contributed by atoms with Crippen LogP contribution in [0.3, 0.4) is 0 Å². The molecule has 0 N–H and O–H groups in total. The first kappa shape index (κ1) is 10.9. The molecule has 0 bridgehead atoms. The molecule has 2 aromatic carbocycles. The lowest BCUT2D eigenvalue weighted by atomic mass is 9.90. The zero-order valence-electron chi connectivity index (χ0n) is 10.3. The lowest BCUT2D eigenvalue weighted by molar-refractivity contribution is 1.19. The SMILES string of the molecule is C=CCc1c(C)c(C)c(C)c2ccccc12. The first-order valence-electron chi connectivity index (χ1n) is 5.75. The van der Waals surface area contributed by atoms with Crippen LogP contribution in [0.2, 0.25) is 0 Å². The molecule has 0 aliphatic heterocycles. The fourth-order valence-electron chi connectivity index (χ4n) is 2.39. The second kappa shape index (κ2) is 4.13. The zero-order valence-corrected chi connectivity index (χ0v) is 10.3. The Kier molecular flexibility index (Phi) is 2.82. The number of fused-ring (bicyclic) bond motifs is 1. The van der Waals surface area contributed by atoms with Gasteiger partial charge in [-0.3, -0.25) is 0 Å². The number of rotatable bonds is 2. The molecule has 0 aliphatic rings. The molecule has 82 valence electrons. The van der Waals surface area contributed by atoms with Crippen molar-refractivity contribution < 1.29 is 0 Å². The second-order valence-corrected chi connectivity index (χ2v) is 4.39. The maximum atomic E-state index is 3.86. The molecule has 0 aliphatic carbocycles. The second-order valence-electron chi connectivity index (χ2n) is 4.39. The van der Waals surface area contributed by atoms with Crippen LogP contribution in [-0.4, -0.2) is 0 Å².